The molecule has 0 unspecified atom stereocenters. The highest BCUT2D eigenvalue weighted by Crippen LogP contribution is 2.34. The molecule has 4 nitrogen and oxygen atoms in total. The van der Waals surface area contributed by atoms with Crippen LogP contribution in [0.1, 0.15) is 52.9 Å². The first-order chi connectivity index (χ1) is 18.1. The van der Waals surface area contributed by atoms with Crippen molar-refractivity contribution in [3.63, 3.8) is 0 Å². The van der Waals surface area contributed by atoms with E-state index in [2.05, 4.69) is 140 Å². The van der Waals surface area contributed by atoms with Gasteiger partial charge < -0.3 is 0 Å². The maximum Gasteiger partial charge on any atom is 0.116 e. The molecule has 0 aliphatic rings. The Kier molecular flexibility index (Phi) is 6.66. The normalized spacial score (nSPS) is 11.9. The lowest BCUT2D eigenvalue weighted by molar-refractivity contribution is 0.567. The molecule has 0 radical (unpaired) electrons. The van der Waals surface area contributed by atoms with Crippen LogP contribution in [0.25, 0.3) is 44.8 Å². The highest BCUT2D eigenvalue weighted by atomic mass is 14.9. The van der Waals surface area contributed by atoms with Crippen LogP contribution in [0.5, 0.6) is 0 Å². The molecule has 3 aromatic carbocycles. The third-order valence-corrected chi connectivity index (χ3v) is 6.72. The molecule has 0 aliphatic carbocycles. The van der Waals surface area contributed by atoms with Crippen LogP contribution in [0.3, 0.4) is 0 Å². The average molecular weight is 499 g/mol. The van der Waals surface area contributed by atoms with E-state index in [1.54, 1.807) is 12.7 Å². The average Bonchev–Trinajstić information content (AvgIpc) is 2.93. The first-order valence-electron chi connectivity index (χ1n) is 13.0. The van der Waals surface area contributed by atoms with E-state index in [0.29, 0.717) is 0 Å². The Hall–Kier alpha value is -4.18. The van der Waals surface area contributed by atoms with Gasteiger partial charge in [0.15, 0.2) is 0 Å². The second kappa shape index (κ2) is 9.94. The van der Waals surface area contributed by atoms with E-state index in [1.807, 2.05) is 6.07 Å². The van der Waals surface area contributed by atoms with E-state index >= 15 is 0 Å². The molecule has 0 N–H and O–H groups in total. The molecule has 38 heavy (non-hydrogen) atoms. The summed E-state index contributed by atoms with van der Waals surface area (Å²) in [5.74, 6) is 0. The molecule has 0 saturated heterocycles. The summed E-state index contributed by atoms with van der Waals surface area (Å²) in [7, 11) is 0. The van der Waals surface area contributed by atoms with Gasteiger partial charge in [-0.3, -0.25) is 0 Å². The van der Waals surface area contributed by atoms with Crippen molar-refractivity contribution in [2.24, 2.45) is 0 Å². The molecule has 2 aromatic heterocycles. The first-order valence-corrected chi connectivity index (χ1v) is 13.0. The van der Waals surface area contributed by atoms with Crippen molar-refractivity contribution in [2.45, 2.75) is 52.4 Å². The predicted octanol–water partition coefficient (Wildman–Crippen LogP) is 8.53. The Morgan fingerprint density at radius 2 is 0.789 bits per heavy atom. The van der Waals surface area contributed by atoms with E-state index in [-0.39, 0.29) is 10.8 Å². The van der Waals surface area contributed by atoms with Crippen molar-refractivity contribution in [3.8, 4) is 44.8 Å². The lowest BCUT2D eigenvalue weighted by Gasteiger charge is -2.19. The molecule has 5 aromatic rings. The number of benzene rings is 3. The number of hydrogen-bond acceptors (Lipinski definition) is 4. The minimum atomic E-state index is -0.0698. The van der Waals surface area contributed by atoms with Gasteiger partial charge in [0.1, 0.15) is 12.7 Å². The van der Waals surface area contributed by atoms with E-state index in [0.717, 1.165) is 45.0 Å². The van der Waals surface area contributed by atoms with Gasteiger partial charge in [0.2, 0.25) is 0 Å². The second-order valence-electron chi connectivity index (χ2n) is 11.8. The highest BCUT2D eigenvalue weighted by molar-refractivity contribution is 5.80. The zero-order valence-corrected chi connectivity index (χ0v) is 23.0. The molecule has 0 saturated carbocycles. The topological polar surface area (TPSA) is 51.6 Å². The summed E-state index contributed by atoms with van der Waals surface area (Å²) in [6.07, 6.45) is 3.33. The minimum absolute atomic E-state index is 0.0698. The molecule has 190 valence electrons. The van der Waals surface area contributed by atoms with Gasteiger partial charge in [-0.25, -0.2) is 19.9 Å². The van der Waals surface area contributed by atoms with Crippen LogP contribution in [0.15, 0.2) is 97.6 Å². The van der Waals surface area contributed by atoms with Crippen LogP contribution in [0.4, 0.5) is 0 Å². The number of aromatic nitrogens is 4. The number of nitrogens with zero attached hydrogens (tertiary/aromatic N) is 4. The van der Waals surface area contributed by atoms with Crippen LogP contribution >= 0.6 is 0 Å². The molecule has 0 bridgehead atoms. The lowest BCUT2D eigenvalue weighted by atomic mass is 9.89. The molecule has 0 fully saturated rings. The van der Waals surface area contributed by atoms with Crippen molar-refractivity contribution < 1.29 is 0 Å². The van der Waals surface area contributed by atoms with Gasteiger partial charge in [-0.15, -0.1) is 0 Å². The van der Waals surface area contributed by atoms with Gasteiger partial charge in [-0.2, -0.15) is 0 Å². The summed E-state index contributed by atoms with van der Waals surface area (Å²) in [5, 5.41) is 0. The van der Waals surface area contributed by atoms with E-state index in [1.165, 1.54) is 11.1 Å². The van der Waals surface area contributed by atoms with Gasteiger partial charge in [0, 0.05) is 33.3 Å². The summed E-state index contributed by atoms with van der Waals surface area (Å²) in [6, 6.07) is 30.0. The minimum Gasteiger partial charge on any atom is -0.241 e. The molecule has 5 rings (SSSR count). The molecule has 2 heterocycles. The SMILES string of the molecule is CC(C)(C)c1cc(-c2cc(-c3ccc(-c4ccccc4)cc3)cc(-c3cc(C(C)(C)C)ncn3)c2)ncn1. The quantitative estimate of drug-likeness (QED) is 0.249. The van der Waals surface area contributed by atoms with Crippen molar-refractivity contribution in [3.05, 3.63) is 109 Å². The van der Waals surface area contributed by atoms with E-state index in [9.17, 15) is 0 Å². The third-order valence-electron chi connectivity index (χ3n) is 6.72. The van der Waals surface area contributed by atoms with Crippen LogP contribution in [-0.4, -0.2) is 19.9 Å². The standard InChI is InChI=1S/C34H34N4/c1-33(2,3)31-19-29(35-21-37-31)27-16-26(25-14-12-24(13-15-25)23-10-8-7-9-11-23)17-28(18-27)30-20-32(34(4,5)6)38-22-36-30/h7-22H,1-6H3. The van der Waals surface area contributed by atoms with Crippen molar-refractivity contribution in [2.75, 3.05) is 0 Å². The molecule has 4 heteroatoms. The largest absolute Gasteiger partial charge is 0.241 e. The van der Waals surface area contributed by atoms with Crippen molar-refractivity contribution >= 4 is 0 Å². The maximum absolute atomic E-state index is 4.66. The summed E-state index contributed by atoms with van der Waals surface area (Å²) >= 11 is 0. The van der Waals surface area contributed by atoms with Gasteiger partial charge in [-0.05, 0) is 52.6 Å². The van der Waals surface area contributed by atoms with Crippen LogP contribution in [0, 0.1) is 0 Å². The molecule has 0 atom stereocenters. The molecular weight excluding hydrogens is 464 g/mol. The monoisotopic (exact) mass is 498 g/mol. The predicted molar refractivity (Wildman–Crippen MR) is 157 cm³/mol. The maximum atomic E-state index is 4.66. The fraction of sp³-hybridized carbons (Fsp3) is 0.235. The molecule has 0 spiro atoms. The first kappa shape index (κ1) is 25.5. The summed E-state index contributed by atoms with van der Waals surface area (Å²) < 4.78 is 0. The number of rotatable bonds is 4. The van der Waals surface area contributed by atoms with E-state index < -0.39 is 0 Å². The smallest absolute Gasteiger partial charge is 0.116 e. The zero-order valence-electron chi connectivity index (χ0n) is 23.0. The van der Waals surface area contributed by atoms with Crippen LogP contribution < -0.4 is 0 Å². The Morgan fingerprint density at radius 1 is 0.395 bits per heavy atom. The fourth-order valence-electron chi connectivity index (χ4n) is 4.43. The second-order valence-corrected chi connectivity index (χ2v) is 11.8. The molecular formula is C34H34N4. The molecule has 0 amide bonds. The van der Waals surface area contributed by atoms with Gasteiger partial charge in [0.05, 0.1) is 11.4 Å². The Labute approximate surface area is 225 Å². The third kappa shape index (κ3) is 5.55. The number of hydrogen-bond donors (Lipinski definition) is 0. The Bertz CT molecular complexity index is 1480. The van der Waals surface area contributed by atoms with Gasteiger partial charge in [-0.1, -0.05) is 96.1 Å². The molecule has 0 aliphatic heterocycles. The van der Waals surface area contributed by atoms with Crippen LogP contribution in [0.2, 0.25) is 0 Å². The van der Waals surface area contributed by atoms with Crippen molar-refractivity contribution in [1.29, 1.82) is 0 Å². The highest BCUT2D eigenvalue weighted by Gasteiger charge is 2.19. The summed E-state index contributed by atoms with van der Waals surface area (Å²) in [4.78, 5) is 18.4. The zero-order chi connectivity index (χ0) is 26.9. The summed E-state index contributed by atoms with van der Waals surface area (Å²) in [5.41, 5.74) is 10.4. The summed E-state index contributed by atoms with van der Waals surface area (Å²) in [6.45, 7) is 13.0. The Morgan fingerprint density at radius 3 is 1.24 bits per heavy atom. The fourth-order valence-corrected chi connectivity index (χ4v) is 4.43. The Balaban J connectivity index is 1.65. The van der Waals surface area contributed by atoms with Gasteiger partial charge >= 0.3 is 0 Å². The van der Waals surface area contributed by atoms with Gasteiger partial charge in [0.25, 0.3) is 0 Å². The van der Waals surface area contributed by atoms with Crippen molar-refractivity contribution in [1.82, 2.24) is 19.9 Å². The van der Waals surface area contributed by atoms with E-state index in [4.69, 9.17) is 0 Å². The van der Waals surface area contributed by atoms with Crippen LogP contribution in [-0.2, 0) is 10.8 Å². The lowest BCUT2D eigenvalue weighted by Crippen LogP contribution is -2.14.